The third kappa shape index (κ3) is 16.1. The van der Waals surface area contributed by atoms with Crippen LogP contribution in [0.15, 0.2) is 22.9 Å². The van der Waals surface area contributed by atoms with Crippen molar-refractivity contribution < 1.29 is 13.7 Å². The van der Waals surface area contributed by atoms with Gasteiger partial charge in [0.1, 0.15) is 0 Å². The van der Waals surface area contributed by atoms with Gasteiger partial charge >= 0.3 is 0 Å². The van der Waals surface area contributed by atoms with Gasteiger partial charge < -0.3 is 27.3 Å². The van der Waals surface area contributed by atoms with Crippen molar-refractivity contribution in [3.05, 3.63) is 22.9 Å². The summed E-state index contributed by atoms with van der Waals surface area (Å²) in [6.45, 7) is 5.60. The smallest absolute Gasteiger partial charge is 0.204 e. The number of carbonyl (C=O) groups excluding carboxylic acids is 1. The molecule has 1 heterocycles. The Hall–Kier alpha value is -1.11. The standard InChI is InChI=1S/C13H27N5O2S2.CH3NO/c1-22(19)17-7-11-20-10-4-12(14)2-3-13(15)21-18-8-5-16-6-9-18;2-1-3/h2-3,16-17H,4-11,14-15H2,1H3;1H,(H2,2,3)/b12-2-,13-3+;. The zero-order valence-corrected chi connectivity index (χ0v) is 16.2. The van der Waals surface area contributed by atoms with Crippen LogP contribution in [-0.4, -0.2) is 67.1 Å². The molecule has 146 valence electrons. The van der Waals surface area contributed by atoms with Crippen LogP contribution in [0.25, 0.3) is 0 Å². The van der Waals surface area contributed by atoms with E-state index in [2.05, 4.69) is 20.1 Å². The molecule has 25 heavy (non-hydrogen) atoms. The summed E-state index contributed by atoms with van der Waals surface area (Å²) in [4.78, 5) is 8.58. The van der Waals surface area contributed by atoms with Crippen LogP contribution in [0.1, 0.15) is 6.42 Å². The number of hydrogen-bond donors (Lipinski definition) is 5. The Labute approximate surface area is 156 Å². The Morgan fingerprint density at radius 1 is 1.32 bits per heavy atom. The monoisotopic (exact) mass is 394 g/mol. The molecule has 0 saturated carbocycles. The molecule has 1 aliphatic rings. The highest BCUT2D eigenvalue weighted by atomic mass is 32.2. The number of nitrogens with zero attached hydrogens (tertiary/aromatic N) is 1. The van der Waals surface area contributed by atoms with Gasteiger partial charge in [-0.2, -0.15) is 0 Å². The lowest BCUT2D eigenvalue weighted by Gasteiger charge is -2.25. The van der Waals surface area contributed by atoms with Gasteiger partial charge in [-0.15, -0.1) is 0 Å². The van der Waals surface area contributed by atoms with Crippen LogP contribution < -0.4 is 27.2 Å². The van der Waals surface area contributed by atoms with Gasteiger partial charge in [-0.1, -0.05) is 0 Å². The molecule has 0 bridgehead atoms. The van der Waals surface area contributed by atoms with Crippen LogP contribution in [0.4, 0.5) is 0 Å². The Kier molecular flexibility index (Phi) is 15.6. The van der Waals surface area contributed by atoms with Crippen molar-refractivity contribution in [3.8, 4) is 0 Å². The zero-order chi connectivity index (χ0) is 18.9. The number of allylic oxidation sites excluding steroid dienone is 2. The Morgan fingerprint density at radius 2 is 1.96 bits per heavy atom. The SMILES string of the molecule is CS(=O)NCCOCC/C(N)=C/C=C(\N)SN1CCNCC1.NC=O. The van der Waals surface area contributed by atoms with Crippen molar-refractivity contribution >= 4 is 29.3 Å². The normalized spacial score (nSPS) is 17.5. The molecule has 1 rings (SSSR count). The number of rotatable bonds is 10. The lowest BCUT2D eigenvalue weighted by atomic mass is 10.3. The third-order valence-corrected chi connectivity index (χ3v) is 4.44. The first kappa shape index (κ1) is 23.9. The number of primary amides is 1. The van der Waals surface area contributed by atoms with Gasteiger partial charge in [0.05, 0.1) is 29.2 Å². The van der Waals surface area contributed by atoms with Crippen LogP contribution in [0.5, 0.6) is 0 Å². The number of carbonyl (C=O) groups is 1. The molecule has 1 unspecified atom stereocenters. The van der Waals surface area contributed by atoms with Gasteiger partial charge in [0.2, 0.25) is 6.41 Å². The number of hydrogen-bond acceptors (Lipinski definition) is 8. The first-order valence-corrected chi connectivity index (χ1v) is 10.2. The van der Waals surface area contributed by atoms with E-state index in [1.807, 2.05) is 12.2 Å². The van der Waals surface area contributed by atoms with Crippen molar-refractivity contribution in [1.82, 2.24) is 14.3 Å². The number of ether oxygens (including phenoxy) is 1. The van der Waals surface area contributed by atoms with E-state index in [1.165, 1.54) is 0 Å². The highest BCUT2D eigenvalue weighted by Gasteiger charge is 2.10. The molecule has 1 fully saturated rings. The van der Waals surface area contributed by atoms with Gasteiger partial charge in [-0.3, -0.25) is 4.79 Å². The molecular weight excluding hydrogens is 364 g/mol. The topological polar surface area (TPSA) is 149 Å². The number of piperazine rings is 1. The Balaban J connectivity index is 0.00000178. The fraction of sp³-hybridized carbons (Fsp3) is 0.643. The van der Waals surface area contributed by atoms with E-state index in [4.69, 9.17) is 21.0 Å². The molecule has 1 aliphatic heterocycles. The molecule has 0 aliphatic carbocycles. The van der Waals surface area contributed by atoms with Crippen molar-refractivity contribution in [3.63, 3.8) is 0 Å². The summed E-state index contributed by atoms with van der Waals surface area (Å²) >= 11 is 1.56. The summed E-state index contributed by atoms with van der Waals surface area (Å²) in [5, 5.41) is 4.04. The fourth-order valence-corrected chi connectivity index (χ4v) is 2.90. The molecular formula is C14H30N6O3S2. The molecule has 0 spiro atoms. The number of amides is 1. The maximum absolute atomic E-state index is 10.8. The van der Waals surface area contributed by atoms with Gasteiger partial charge in [0, 0.05) is 51.1 Å². The summed E-state index contributed by atoms with van der Waals surface area (Å²) in [5.41, 5.74) is 16.8. The molecule has 1 saturated heterocycles. The second kappa shape index (κ2) is 16.4. The van der Waals surface area contributed by atoms with E-state index in [-0.39, 0.29) is 6.41 Å². The number of nitrogens with one attached hydrogen (secondary N) is 2. The van der Waals surface area contributed by atoms with Crippen LogP contribution in [0.3, 0.4) is 0 Å². The maximum atomic E-state index is 10.8. The molecule has 0 radical (unpaired) electrons. The minimum Gasteiger partial charge on any atom is -0.402 e. The molecule has 11 heteroatoms. The summed E-state index contributed by atoms with van der Waals surface area (Å²) in [7, 11) is -0.990. The highest BCUT2D eigenvalue weighted by molar-refractivity contribution is 8.00. The summed E-state index contributed by atoms with van der Waals surface area (Å²) in [6.07, 6.45) is 6.16. The average Bonchev–Trinajstić information content (AvgIpc) is 2.57. The molecule has 1 amide bonds. The molecule has 0 aromatic carbocycles. The molecule has 0 aromatic heterocycles. The summed E-state index contributed by atoms with van der Waals surface area (Å²) in [5.74, 6) is 0. The van der Waals surface area contributed by atoms with Gasteiger partial charge in [0.25, 0.3) is 0 Å². The first-order chi connectivity index (χ1) is 12.0. The minimum absolute atomic E-state index is 0.250. The van der Waals surface area contributed by atoms with E-state index >= 15 is 0 Å². The zero-order valence-electron chi connectivity index (χ0n) is 14.6. The fourth-order valence-electron chi connectivity index (χ4n) is 1.74. The van der Waals surface area contributed by atoms with Gasteiger partial charge in [-0.05, 0) is 24.1 Å². The van der Waals surface area contributed by atoms with E-state index in [1.54, 1.807) is 18.2 Å². The summed E-state index contributed by atoms with van der Waals surface area (Å²) in [6, 6.07) is 0. The van der Waals surface area contributed by atoms with Crippen molar-refractivity contribution in [1.29, 1.82) is 0 Å². The maximum Gasteiger partial charge on any atom is 0.204 e. The predicted molar refractivity (Wildman–Crippen MR) is 104 cm³/mol. The molecule has 0 aromatic rings. The summed E-state index contributed by atoms with van der Waals surface area (Å²) < 4.78 is 21.2. The van der Waals surface area contributed by atoms with Gasteiger partial charge in [-0.25, -0.2) is 13.2 Å². The van der Waals surface area contributed by atoms with Crippen molar-refractivity contribution in [2.75, 3.05) is 52.2 Å². The van der Waals surface area contributed by atoms with Crippen LogP contribution in [0, 0.1) is 0 Å². The first-order valence-electron chi connectivity index (χ1n) is 7.85. The predicted octanol–water partition coefficient (Wildman–Crippen LogP) is -1.43. The van der Waals surface area contributed by atoms with E-state index in [0.717, 1.165) is 36.9 Å². The van der Waals surface area contributed by atoms with E-state index < -0.39 is 11.0 Å². The Bertz CT molecular complexity index is 442. The second-order valence-corrected chi connectivity index (χ2v) is 7.30. The average molecular weight is 395 g/mol. The molecule has 9 nitrogen and oxygen atoms in total. The Morgan fingerprint density at radius 3 is 2.56 bits per heavy atom. The van der Waals surface area contributed by atoms with Crippen molar-refractivity contribution in [2.24, 2.45) is 17.2 Å². The largest absolute Gasteiger partial charge is 0.402 e. The number of nitrogens with two attached hydrogens (primary N) is 3. The third-order valence-electron chi connectivity index (χ3n) is 2.86. The quantitative estimate of drug-likeness (QED) is 0.131. The minimum atomic E-state index is -0.990. The molecule has 8 N–H and O–H groups in total. The lowest BCUT2D eigenvalue weighted by molar-refractivity contribution is -0.106. The van der Waals surface area contributed by atoms with Crippen LogP contribution in [-0.2, 0) is 20.5 Å². The lowest BCUT2D eigenvalue weighted by Crippen LogP contribution is -2.40. The van der Waals surface area contributed by atoms with E-state index in [0.29, 0.717) is 26.2 Å². The van der Waals surface area contributed by atoms with Gasteiger partial charge in [0.15, 0.2) is 0 Å². The highest BCUT2D eigenvalue weighted by Crippen LogP contribution is 2.16. The molecule has 1 atom stereocenters. The second-order valence-electron chi connectivity index (χ2n) is 4.93. The van der Waals surface area contributed by atoms with Crippen LogP contribution in [0.2, 0.25) is 0 Å². The van der Waals surface area contributed by atoms with Crippen LogP contribution >= 0.6 is 11.9 Å². The van der Waals surface area contributed by atoms with E-state index in [9.17, 15) is 4.21 Å². The van der Waals surface area contributed by atoms with Crippen molar-refractivity contribution in [2.45, 2.75) is 6.42 Å².